The van der Waals surface area contributed by atoms with E-state index in [9.17, 15) is 0 Å². The van der Waals surface area contributed by atoms with Crippen molar-refractivity contribution in [2.45, 2.75) is 39.5 Å². The van der Waals surface area contributed by atoms with E-state index in [2.05, 4.69) is 13.8 Å². The Morgan fingerprint density at radius 3 is 2.10 bits per heavy atom. The highest BCUT2D eigenvalue weighted by atomic mass is 14.5. The lowest BCUT2D eigenvalue weighted by Crippen LogP contribution is -2.38. The van der Waals surface area contributed by atoms with Crippen LogP contribution in [0.1, 0.15) is 39.5 Å². The van der Waals surface area contributed by atoms with Crippen molar-refractivity contribution in [3.63, 3.8) is 0 Å². The monoisotopic (exact) mass is 138 g/mol. The van der Waals surface area contributed by atoms with Gasteiger partial charge in [-0.3, -0.25) is 0 Å². The van der Waals surface area contributed by atoms with Gasteiger partial charge in [0.1, 0.15) is 0 Å². The van der Waals surface area contributed by atoms with Gasteiger partial charge in [0, 0.05) is 0 Å². The average molecular weight is 138 g/mol. The maximum absolute atomic E-state index is 2.39. The molecule has 3 aliphatic rings. The van der Waals surface area contributed by atoms with Crippen LogP contribution < -0.4 is 0 Å². The molecule has 0 amide bonds. The van der Waals surface area contributed by atoms with Gasteiger partial charge >= 0.3 is 0 Å². The fraction of sp³-hybridized carbons (Fsp3) is 1.00. The summed E-state index contributed by atoms with van der Waals surface area (Å²) in [5.41, 5.74) is 0. The van der Waals surface area contributed by atoms with Gasteiger partial charge in [-0.2, -0.15) is 0 Å². The smallest absolute Gasteiger partial charge is 0.0362 e. The van der Waals surface area contributed by atoms with Gasteiger partial charge < -0.3 is 0 Å². The molecule has 0 N–H and O–H groups in total. The number of rotatable bonds is 1. The molecule has 3 fully saturated rings. The van der Waals surface area contributed by atoms with E-state index in [1.807, 2.05) is 0 Å². The number of hydrogen-bond donors (Lipinski definition) is 0. The van der Waals surface area contributed by atoms with Crippen LogP contribution >= 0.6 is 0 Å². The van der Waals surface area contributed by atoms with Crippen LogP contribution in [0.2, 0.25) is 0 Å². The van der Waals surface area contributed by atoms with E-state index in [4.69, 9.17) is 0 Å². The standard InChI is InChI=1S/C10H18/c1-7(2)10-4-3-8-5-9(10)6-8/h7-10H,3-6H2,1-2H3. The Bertz CT molecular complexity index is 117. The van der Waals surface area contributed by atoms with E-state index in [0.717, 1.165) is 23.7 Å². The molecule has 3 saturated carbocycles. The molecule has 10 heavy (non-hydrogen) atoms. The van der Waals surface area contributed by atoms with E-state index < -0.39 is 0 Å². The van der Waals surface area contributed by atoms with Crippen LogP contribution in [-0.2, 0) is 0 Å². The van der Waals surface area contributed by atoms with Crippen molar-refractivity contribution < 1.29 is 0 Å². The van der Waals surface area contributed by atoms with E-state index in [0.29, 0.717) is 0 Å². The van der Waals surface area contributed by atoms with Gasteiger partial charge in [0.25, 0.3) is 0 Å². The van der Waals surface area contributed by atoms with Crippen molar-refractivity contribution in [2.75, 3.05) is 0 Å². The van der Waals surface area contributed by atoms with E-state index >= 15 is 0 Å². The zero-order valence-electron chi connectivity index (χ0n) is 7.14. The minimum Gasteiger partial charge on any atom is -0.0625 e. The number of fused-ring (bicyclic) bond motifs is 2. The summed E-state index contributed by atoms with van der Waals surface area (Å²) >= 11 is 0. The normalized spacial score (nSPS) is 45.3. The SMILES string of the molecule is CC(C)C1CCC2CC1C2. The first kappa shape index (κ1) is 6.69. The highest BCUT2D eigenvalue weighted by molar-refractivity contribution is 4.91. The highest BCUT2D eigenvalue weighted by Gasteiger charge is 2.40. The highest BCUT2D eigenvalue weighted by Crippen LogP contribution is 2.51. The second-order valence-corrected chi connectivity index (χ2v) is 4.58. The van der Waals surface area contributed by atoms with Crippen LogP contribution in [-0.4, -0.2) is 0 Å². The van der Waals surface area contributed by atoms with Crippen LogP contribution in [0.25, 0.3) is 0 Å². The molecule has 0 aromatic heterocycles. The summed E-state index contributed by atoms with van der Waals surface area (Å²) in [6, 6.07) is 0. The molecular weight excluding hydrogens is 120 g/mol. The summed E-state index contributed by atoms with van der Waals surface area (Å²) in [4.78, 5) is 0. The Labute approximate surface area is 64.0 Å². The van der Waals surface area contributed by atoms with Crippen LogP contribution in [0.4, 0.5) is 0 Å². The molecule has 2 bridgehead atoms. The summed E-state index contributed by atoms with van der Waals surface area (Å²) in [6.45, 7) is 4.78. The van der Waals surface area contributed by atoms with Gasteiger partial charge in [0.15, 0.2) is 0 Å². The van der Waals surface area contributed by atoms with Gasteiger partial charge in [-0.25, -0.2) is 0 Å². The molecule has 3 rings (SSSR count). The van der Waals surface area contributed by atoms with Crippen LogP contribution in [0.15, 0.2) is 0 Å². The Morgan fingerprint density at radius 2 is 1.80 bits per heavy atom. The lowest BCUT2D eigenvalue weighted by atomic mass is 9.57. The Morgan fingerprint density at radius 1 is 1.10 bits per heavy atom. The number of hydrogen-bond acceptors (Lipinski definition) is 0. The third-order valence-electron chi connectivity index (χ3n) is 3.64. The Hall–Kier alpha value is 0. The van der Waals surface area contributed by atoms with Crippen LogP contribution in [0.5, 0.6) is 0 Å². The van der Waals surface area contributed by atoms with Crippen molar-refractivity contribution in [2.24, 2.45) is 23.7 Å². The zero-order chi connectivity index (χ0) is 7.14. The third kappa shape index (κ3) is 0.889. The van der Waals surface area contributed by atoms with Crippen molar-refractivity contribution in [3.05, 3.63) is 0 Å². The molecule has 58 valence electrons. The van der Waals surface area contributed by atoms with Gasteiger partial charge in [-0.15, -0.1) is 0 Å². The second-order valence-electron chi connectivity index (χ2n) is 4.58. The van der Waals surface area contributed by atoms with Gasteiger partial charge in [-0.1, -0.05) is 20.3 Å². The van der Waals surface area contributed by atoms with Crippen molar-refractivity contribution in [3.8, 4) is 0 Å². The van der Waals surface area contributed by atoms with Gasteiger partial charge in [0.05, 0.1) is 0 Å². The lowest BCUT2D eigenvalue weighted by molar-refractivity contribution is 0.0250. The first-order valence-electron chi connectivity index (χ1n) is 4.77. The molecule has 1 unspecified atom stereocenters. The maximum atomic E-state index is 2.39. The Balaban J connectivity index is 1.96. The fourth-order valence-electron chi connectivity index (χ4n) is 2.91. The molecule has 0 saturated heterocycles. The molecule has 3 aliphatic carbocycles. The molecule has 0 aromatic rings. The molecule has 1 atom stereocenters. The predicted molar refractivity (Wildman–Crippen MR) is 43.8 cm³/mol. The zero-order valence-corrected chi connectivity index (χ0v) is 7.14. The summed E-state index contributed by atoms with van der Waals surface area (Å²) in [6.07, 6.45) is 6.22. The lowest BCUT2D eigenvalue weighted by Gasteiger charge is -2.48. The van der Waals surface area contributed by atoms with E-state index in [-0.39, 0.29) is 0 Å². The van der Waals surface area contributed by atoms with Crippen LogP contribution in [0, 0.1) is 23.7 Å². The van der Waals surface area contributed by atoms with E-state index in [1.54, 1.807) is 19.3 Å². The van der Waals surface area contributed by atoms with Crippen molar-refractivity contribution in [1.82, 2.24) is 0 Å². The van der Waals surface area contributed by atoms with Gasteiger partial charge in [-0.05, 0) is 42.9 Å². The van der Waals surface area contributed by atoms with E-state index in [1.165, 1.54) is 6.42 Å². The third-order valence-corrected chi connectivity index (χ3v) is 3.64. The molecule has 0 heterocycles. The largest absolute Gasteiger partial charge is 0.0625 e. The first-order valence-corrected chi connectivity index (χ1v) is 4.77. The van der Waals surface area contributed by atoms with Crippen molar-refractivity contribution >= 4 is 0 Å². The average Bonchev–Trinajstić information content (AvgIpc) is 1.86. The summed E-state index contributed by atoms with van der Waals surface area (Å²) < 4.78 is 0. The summed E-state index contributed by atoms with van der Waals surface area (Å²) in [7, 11) is 0. The quantitative estimate of drug-likeness (QED) is 0.522. The summed E-state index contributed by atoms with van der Waals surface area (Å²) in [5, 5.41) is 0. The molecule has 0 aromatic carbocycles. The fourth-order valence-corrected chi connectivity index (χ4v) is 2.91. The molecule has 0 nitrogen and oxygen atoms in total. The minimum atomic E-state index is 0.950. The second kappa shape index (κ2) is 2.25. The predicted octanol–water partition coefficient (Wildman–Crippen LogP) is 3.08. The molecule has 0 radical (unpaired) electrons. The molecule has 0 aliphatic heterocycles. The topological polar surface area (TPSA) is 0 Å². The van der Waals surface area contributed by atoms with Gasteiger partial charge in [0.2, 0.25) is 0 Å². The van der Waals surface area contributed by atoms with Crippen LogP contribution in [0.3, 0.4) is 0 Å². The Kier molecular flexibility index (Phi) is 1.51. The van der Waals surface area contributed by atoms with Crippen molar-refractivity contribution in [1.29, 1.82) is 0 Å². The molecule has 0 heteroatoms. The maximum Gasteiger partial charge on any atom is -0.0362 e. The summed E-state index contributed by atoms with van der Waals surface area (Å²) in [5.74, 6) is 4.33. The first-order chi connectivity index (χ1) is 4.77. The minimum absolute atomic E-state index is 0.950. The molecule has 0 spiro atoms. The molecular formula is C10H18.